The van der Waals surface area contributed by atoms with Gasteiger partial charge in [-0.1, -0.05) is 20.8 Å². The van der Waals surface area contributed by atoms with Crippen molar-refractivity contribution in [1.82, 2.24) is 0 Å². The third kappa shape index (κ3) is 2.69. The molecule has 1 aliphatic carbocycles. The molecule has 1 rings (SSSR count). The van der Waals surface area contributed by atoms with E-state index in [0.717, 1.165) is 0 Å². The third-order valence-electron chi connectivity index (χ3n) is 3.52. The van der Waals surface area contributed by atoms with Crippen molar-refractivity contribution >= 4 is 11.6 Å². The molecule has 0 bridgehead atoms. The van der Waals surface area contributed by atoms with Crippen molar-refractivity contribution in [2.75, 3.05) is 0 Å². The molecule has 0 atom stereocenters. The first-order valence-electron chi connectivity index (χ1n) is 5.91. The van der Waals surface area contributed by atoms with E-state index in [1.54, 1.807) is 0 Å². The van der Waals surface area contributed by atoms with Crippen molar-refractivity contribution in [3.63, 3.8) is 0 Å². The smallest absolute Gasteiger partial charge is 0.168 e. The Morgan fingerprint density at radius 2 is 1.62 bits per heavy atom. The lowest BCUT2D eigenvalue weighted by Crippen LogP contribution is -2.40. The van der Waals surface area contributed by atoms with E-state index in [1.165, 1.54) is 6.92 Å². The first kappa shape index (κ1) is 13.3. The van der Waals surface area contributed by atoms with Crippen molar-refractivity contribution in [1.29, 1.82) is 0 Å². The Kier molecular flexibility index (Phi) is 3.56. The van der Waals surface area contributed by atoms with Crippen molar-refractivity contribution in [2.24, 2.45) is 11.3 Å². The molecule has 1 saturated carbocycles. The zero-order chi connectivity index (χ0) is 12.6. The largest absolute Gasteiger partial charge is 0.299 e. The van der Waals surface area contributed by atoms with E-state index in [4.69, 9.17) is 0 Å². The molecular formula is C13H21FO2. The molecule has 0 spiro atoms. The molecule has 0 saturated heterocycles. The van der Waals surface area contributed by atoms with Gasteiger partial charge in [0.25, 0.3) is 0 Å². The second-order valence-corrected chi connectivity index (χ2v) is 5.91. The summed E-state index contributed by atoms with van der Waals surface area (Å²) < 4.78 is 14.0. The van der Waals surface area contributed by atoms with Crippen LogP contribution in [0.1, 0.15) is 53.4 Å². The average molecular weight is 228 g/mol. The van der Waals surface area contributed by atoms with Gasteiger partial charge in [0, 0.05) is 11.3 Å². The first-order chi connectivity index (χ1) is 7.17. The average Bonchev–Trinajstić information content (AvgIpc) is 2.16. The SMILES string of the molecule is CC(=O)[C@]1(F)CC[C@@H](C(=O)C(C)(C)C)CC1. The molecule has 3 heteroatoms. The van der Waals surface area contributed by atoms with Crippen molar-refractivity contribution in [2.45, 2.75) is 59.0 Å². The molecule has 1 fully saturated rings. The topological polar surface area (TPSA) is 34.1 Å². The van der Waals surface area contributed by atoms with Gasteiger partial charge in [-0.2, -0.15) is 0 Å². The molecule has 0 aromatic rings. The normalized spacial score (nSPS) is 31.2. The predicted molar refractivity (Wildman–Crippen MR) is 60.9 cm³/mol. The van der Waals surface area contributed by atoms with Crippen LogP contribution in [0.5, 0.6) is 0 Å². The first-order valence-corrected chi connectivity index (χ1v) is 5.91. The molecule has 0 aromatic carbocycles. The summed E-state index contributed by atoms with van der Waals surface area (Å²) in [7, 11) is 0. The van der Waals surface area contributed by atoms with E-state index in [1.807, 2.05) is 20.8 Å². The Hall–Kier alpha value is -0.730. The van der Waals surface area contributed by atoms with Gasteiger partial charge in [0.05, 0.1) is 0 Å². The van der Waals surface area contributed by atoms with E-state index in [0.29, 0.717) is 12.8 Å². The Labute approximate surface area is 96.6 Å². The van der Waals surface area contributed by atoms with Gasteiger partial charge in [-0.25, -0.2) is 4.39 Å². The summed E-state index contributed by atoms with van der Waals surface area (Å²) in [5.41, 5.74) is -2.04. The van der Waals surface area contributed by atoms with Crippen LogP contribution in [0, 0.1) is 11.3 Å². The predicted octanol–water partition coefficient (Wildman–Crippen LogP) is 3.09. The van der Waals surface area contributed by atoms with Gasteiger partial charge in [0.15, 0.2) is 11.5 Å². The molecule has 0 aromatic heterocycles. The molecule has 0 amide bonds. The van der Waals surface area contributed by atoms with Crippen LogP contribution in [-0.4, -0.2) is 17.2 Å². The van der Waals surface area contributed by atoms with E-state index >= 15 is 0 Å². The van der Waals surface area contributed by atoms with Gasteiger partial charge < -0.3 is 0 Å². The van der Waals surface area contributed by atoms with Gasteiger partial charge in [0.1, 0.15) is 5.78 Å². The van der Waals surface area contributed by atoms with Crippen LogP contribution in [-0.2, 0) is 9.59 Å². The van der Waals surface area contributed by atoms with Gasteiger partial charge in [-0.05, 0) is 32.6 Å². The molecule has 92 valence electrons. The maximum atomic E-state index is 14.0. The highest BCUT2D eigenvalue weighted by Crippen LogP contribution is 2.38. The summed E-state index contributed by atoms with van der Waals surface area (Å²) in [6.45, 7) is 6.96. The third-order valence-corrected chi connectivity index (χ3v) is 3.52. The number of hydrogen-bond acceptors (Lipinski definition) is 2. The number of carbonyl (C=O) groups excluding carboxylic acids is 2. The lowest BCUT2D eigenvalue weighted by molar-refractivity contribution is -0.137. The summed E-state index contributed by atoms with van der Waals surface area (Å²) >= 11 is 0. The summed E-state index contributed by atoms with van der Waals surface area (Å²) in [4.78, 5) is 23.1. The molecule has 2 nitrogen and oxygen atoms in total. The van der Waals surface area contributed by atoms with Crippen LogP contribution in [0.15, 0.2) is 0 Å². The van der Waals surface area contributed by atoms with Crippen LogP contribution >= 0.6 is 0 Å². The van der Waals surface area contributed by atoms with E-state index in [2.05, 4.69) is 0 Å². The number of alkyl halides is 1. The quantitative estimate of drug-likeness (QED) is 0.727. The van der Waals surface area contributed by atoms with Crippen LogP contribution in [0.3, 0.4) is 0 Å². The minimum atomic E-state index is -1.67. The zero-order valence-corrected chi connectivity index (χ0v) is 10.6. The number of hydrogen-bond donors (Lipinski definition) is 0. The summed E-state index contributed by atoms with van der Waals surface area (Å²) in [5, 5.41) is 0. The van der Waals surface area contributed by atoms with Crippen LogP contribution < -0.4 is 0 Å². The Morgan fingerprint density at radius 3 is 1.94 bits per heavy atom. The molecule has 1 aliphatic rings. The highest BCUT2D eigenvalue weighted by atomic mass is 19.1. The zero-order valence-electron chi connectivity index (χ0n) is 10.6. The van der Waals surface area contributed by atoms with Gasteiger partial charge in [-0.15, -0.1) is 0 Å². The van der Waals surface area contributed by atoms with Crippen molar-refractivity contribution in [3.05, 3.63) is 0 Å². The minimum Gasteiger partial charge on any atom is -0.299 e. The summed E-state index contributed by atoms with van der Waals surface area (Å²) in [5.74, 6) is -0.268. The fourth-order valence-corrected chi connectivity index (χ4v) is 2.30. The van der Waals surface area contributed by atoms with E-state index < -0.39 is 11.5 Å². The lowest BCUT2D eigenvalue weighted by Gasteiger charge is -2.34. The molecule has 0 N–H and O–H groups in total. The molecule has 0 heterocycles. The molecular weight excluding hydrogens is 207 g/mol. The maximum Gasteiger partial charge on any atom is 0.168 e. The number of rotatable bonds is 2. The number of Topliss-reactive ketones (excluding diaryl/α,β-unsaturated/α-hetero) is 2. The Morgan fingerprint density at radius 1 is 1.19 bits per heavy atom. The van der Waals surface area contributed by atoms with Crippen LogP contribution in [0.25, 0.3) is 0 Å². The highest BCUT2D eigenvalue weighted by Gasteiger charge is 2.42. The monoisotopic (exact) mass is 228 g/mol. The second-order valence-electron chi connectivity index (χ2n) is 5.91. The van der Waals surface area contributed by atoms with Crippen LogP contribution in [0.2, 0.25) is 0 Å². The lowest BCUT2D eigenvalue weighted by atomic mass is 9.72. The van der Waals surface area contributed by atoms with E-state index in [-0.39, 0.29) is 30.0 Å². The Balaban J connectivity index is 2.63. The minimum absolute atomic E-state index is 0.0665. The number of halogens is 1. The fourth-order valence-electron chi connectivity index (χ4n) is 2.30. The number of carbonyl (C=O) groups is 2. The number of ketones is 2. The standard InChI is InChI=1S/C13H21FO2/c1-9(15)13(14)7-5-10(6-8-13)11(16)12(2,3)4/h10H,5-8H2,1-4H3/t10-,13+. The Bertz CT molecular complexity index is 294. The van der Waals surface area contributed by atoms with Gasteiger partial charge in [0.2, 0.25) is 0 Å². The highest BCUT2D eigenvalue weighted by molar-refractivity contribution is 5.88. The van der Waals surface area contributed by atoms with Gasteiger partial charge >= 0.3 is 0 Å². The maximum absolute atomic E-state index is 14.0. The fraction of sp³-hybridized carbons (Fsp3) is 0.846. The second kappa shape index (κ2) is 4.27. The van der Waals surface area contributed by atoms with Crippen molar-refractivity contribution in [3.8, 4) is 0 Å². The summed E-state index contributed by atoms with van der Waals surface area (Å²) in [6.07, 6.45) is 1.42. The van der Waals surface area contributed by atoms with E-state index in [9.17, 15) is 14.0 Å². The van der Waals surface area contributed by atoms with Crippen LogP contribution in [0.4, 0.5) is 4.39 Å². The molecule has 0 aliphatic heterocycles. The molecule has 0 unspecified atom stereocenters. The summed E-state index contributed by atoms with van der Waals surface area (Å²) in [6, 6.07) is 0. The van der Waals surface area contributed by atoms with Gasteiger partial charge in [-0.3, -0.25) is 9.59 Å². The van der Waals surface area contributed by atoms with Crippen molar-refractivity contribution < 1.29 is 14.0 Å². The molecule has 0 radical (unpaired) electrons. The molecule has 16 heavy (non-hydrogen) atoms.